The Morgan fingerprint density at radius 3 is 2.56 bits per heavy atom. The van der Waals surface area contributed by atoms with Gasteiger partial charge in [0.2, 0.25) is 0 Å². The number of aryl methyl sites for hydroxylation is 1. The summed E-state index contributed by atoms with van der Waals surface area (Å²) < 4.78 is 2.02. The molecule has 5 nitrogen and oxygen atoms in total. The van der Waals surface area contributed by atoms with Gasteiger partial charge in [-0.3, -0.25) is 4.98 Å². The van der Waals surface area contributed by atoms with Crippen molar-refractivity contribution in [3.05, 3.63) is 102 Å². The molecular formula is C25H20FmN5S-. The number of fused-ring (bicyclic) bond motifs is 1. The van der Waals surface area contributed by atoms with E-state index in [9.17, 15) is 0 Å². The van der Waals surface area contributed by atoms with Crippen LogP contribution in [0.15, 0.2) is 84.9 Å². The minimum atomic E-state index is 0. The maximum Gasteiger partial charge on any atom is 0.187 e. The number of anilines is 3. The number of para-hydroxylation sites is 1. The number of rotatable bonds is 6. The van der Waals surface area contributed by atoms with Crippen LogP contribution in [0.2, 0.25) is 0 Å². The number of hydrogen-bond donors (Lipinski definition) is 2. The van der Waals surface area contributed by atoms with E-state index in [1.54, 1.807) is 11.3 Å². The third-order valence-electron chi connectivity index (χ3n) is 4.95. The van der Waals surface area contributed by atoms with Gasteiger partial charge >= 0.3 is 0 Å². The Bertz CT molecular complexity index is 1360. The number of aromatic nitrogens is 3. The molecule has 0 amide bonds. The van der Waals surface area contributed by atoms with Crippen molar-refractivity contribution in [1.82, 2.24) is 14.4 Å². The molecular weight excluding hydrogens is 659 g/mol. The van der Waals surface area contributed by atoms with Gasteiger partial charge in [0.05, 0.1) is 17.0 Å². The molecule has 2 N–H and O–H groups in total. The molecule has 5 aromatic rings. The van der Waals surface area contributed by atoms with Crippen LogP contribution in [0.1, 0.15) is 11.3 Å². The van der Waals surface area contributed by atoms with Crippen molar-refractivity contribution in [2.45, 2.75) is 6.92 Å². The smallest absolute Gasteiger partial charge is 0.187 e. The van der Waals surface area contributed by atoms with Crippen LogP contribution in [0, 0.1) is 13.0 Å². The fourth-order valence-corrected chi connectivity index (χ4v) is 4.17. The summed E-state index contributed by atoms with van der Waals surface area (Å²) in [5.74, 6) is 0. The molecule has 3 heterocycles. The van der Waals surface area contributed by atoms with Crippen LogP contribution in [-0.4, -0.2) is 14.4 Å². The van der Waals surface area contributed by atoms with Crippen LogP contribution in [0.4, 0.5) is 16.5 Å². The summed E-state index contributed by atoms with van der Waals surface area (Å²) in [6.07, 6.45) is 1.90. The molecule has 5 rings (SSSR count). The number of hydrogen-bond acceptors (Lipinski definition) is 5. The number of thiazole rings is 1. The van der Waals surface area contributed by atoms with Crippen molar-refractivity contribution in [3.63, 3.8) is 0 Å². The van der Waals surface area contributed by atoms with Crippen LogP contribution in [0.5, 0.6) is 0 Å². The van der Waals surface area contributed by atoms with Crippen molar-refractivity contribution in [2.24, 2.45) is 0 Å². The van der Waals surface area contributed by atoms with Crippen molar-refractivity contribution in [2.75, 3.05) is 10.6 Å². The maximum atomic E-state index is 4.78. The first kappa shape index (κ1) is 20.4. The molecule has 0 spiro atoms. The molecule has 0 aliphatic rings. The van der Waals surface area contributed by atoms with E-state index in [1.807, 2.05) is 89.6 Å². The minimum absolute atomic E-state index is 0. The maximum absolute atomic E-state index is 4.78. The van der Waals surface area contributed by atoms with E-state index >= 15 is 0 Å². The van der Waals surface area contributed by atoms with E-state index in [-0.39, 0.29) is 0 Å². The quantitative estimate of drug-likeness (QED) is 0.204. The largest absolute Gasteiger partial charge is 0.356 e. The number of benzene rings is 2. The third-order valence-corrected chi connectivity index (χ3v) is 5.70. The first-order chi connectivity index (χ1) is 15.2. The first-order valence-electron chi connectivity index (χ1n) is 9.86. The van der Waals surface area contributed by atoms with Crippen LogP contribution in [0.3, 0.4) is 0 Å². The summed E-state index contributed by atoms with van der Waals surface area (Å²) in [5, 5.41) is 9.60. The second-order valence-corrected chi connectivity index (χ2v) is 7.97. The van der Waals surface area contributed by atoms with E-state index in [1.165, 1.54) is 0 Å². The predicted octanol–water partition coefficient (Wildman–Crippen LogP) is 6.39. The van der Waals surface area contributed by atoms with Gasteiger partial charge in [-0.2, -0.15) is 6.07 Å². The molecule has 164 valence electrons. The molecule has 0 aliphatic carbocycles. The van der Waals surface area contributed by atoms with Crippen LogP contribution < -0.4 is 10.6 Å². The molecule has 0 saturated heterocycles. The van der Waals surface area contributed by atoms with E-state index in [4.69, 9.17) is 4.98 Å². The minimum Gasteiger partial charge on any atom is -0.356 e. The molecule has 0 unspecified atom stereocenters. The molecule has 7 heteroatoms. The molecule has 0 atom stereocenters. The molecule has 0 fully saturated rings. The van der Waals surface area contributed by atoms with Crippen LogP contribution >= 0.6 is 11.3 Å². The zero-order valence-electron chi connectivity index (χ0n) is 17.3. The number of nitrogens with zero attached hydrogens (tertiary/aromatic N) is 3. The molecule has 0 bridgehead atoms. The van der Waals surface area contributed by atoms with Gasteiger partial charge in [0.15, 0.2) is 5.13 Å². The predicted molar refractivity (Wildman–Crippen MR) is 129 cm³/mol. The zero-order chi connectivity index (χ0) is 21.2. The Morgan fingerprint density at radius 2 is 1.78 bits per heavy atom. The van der Waals surface area contributed by atoms with Gasteiger partial charge in [-0.05, 0) is 36.8 Å². The van der Waals surface area contributed by atoms with E-state index < -0.39 is 0 Å². The summed E-state index contributed by atoms with van der Waals surface area (Å²) in [4.78, 5) is 9.39. The Hall–Kier alpha value is -4.90. The van der Waals surface area contributed by atoms with Crippen molar-refractivity contribution >= 4 is 39.2 Å². The average Bonchev–Trinajstić information content (AvgIpc) is 3.37. The summed E-state index contributed by atoms with van der Waals surface area (Å²) in [5.41, 5.74) is 7.62. The monoisotopic (exact) mass is 679 g/mol. The Balaban J connectivity index is 0.00000245. The summed E-state index contributed by atoms with van der Waals surface area (Å²) in [7, 11) is 0. The molecule has 32 heavy (non-hydrogen) atoms. The molecule has 0 aliphatic heterocycles. The average molecular weight is 680 g/mol. The standard InChI is InChI=1S/C25H20N5S.Fm/c1-17(26-20-8-4-3-5-9-20)19-11-13-21(14-12-19)28-25-29-22(16-31-25)24-18(2)27-23-10-6-7-15-30(23)24;/h3-6,8-16,26H,1H2,2H3,(H,28,29);/q-1;. The molecule has 0 saturated carbocycles. The van der Waals surface area contributed by atoms with Gasteiger partial charge in [0.25, 0.3) is 0 Å². The topological polar surface area (TPSA) is 54.2 Å². The van der Waals surface area contributed by atoms with Crippen molar-refractivity contribution in [1.29, 1.82) is 0 Å². The number of nitrogens with one attached hydrogen (secondary N) is 2. The Kier molecular flexibility index (Phi) is 5.38. The second-order valence-electron chi connectivity index (χ2n) is 7.11. The first-order valence-corrected chi connectivity index (χ1v) is 10.7. The fraction of sp³-hybridized carbons (Fsp3) is 0.0400. The van der Waals surface area contributed by atoms with Crippen LogP contribution in [0.25, 0.3) is 22.7 Å². The summed E-state index contributed by atoms with van der Waals surface area (Å²) >= 11 is 1.57. The number of imidazole rings is 1. The van der Waals surface area contributed by atoms with Gasteiger partial charge in [0, 0.05) is 22.5 Å². The Labute approximate surface area is 184 Å². The van der Waals surface area contributed by atoms with E-state index in [0.29, 0.717) is 0 Å². The Morgan fingerprint density at radius 1 is 1.00 bits per heavy atom. The van der Waals surface area contributed by atoms with Gasteiger partial charge in [-0.25, -0.2) is 17.1 Å². The van der Waals surface area contributed by atoms with Crippen molar-refractivity contribution < 1.29 is 0 Å². The number of pyridine rings is 1. The molecule has 3 aromatic heterocycles. The van der Waals surface area contributed by atoms with E-state index in [2.05, 4.69) is 28.3 Å². The molecule has 2 aromatic carbocycles. The summed E-state index contributed by atoms with van der Waals surface area (Å²) in [6.45, 7) is 6.15. The van der Waals surface area contributed by atoms with Gasteiger partial charge in [-0.15, -0.1) is 11.3 Å². The SMILES string of the molecule is C=C(Nc1ccccc1)c1ccc(Nc2nc(-c3c(C)nc4cc[c-]cn34)cs2)cc1.[Fm]. The zero-order valence-corrected chi connectivity index (χ0v) is 20.5. The molecule has 0 radical (unpaired) electrons. The van der Waals surface area contributed by atoms with Crippen molar-refractivity contribution in [3.8, 4) is 11.4 Å². The van der Waals surface area contributed by atoms with Gasteiger partial charge < -0.3 is 15.0 Å². The van der Waals surface area contributed by atoms with Gasteiger partial charge in [0.1, 0.15) is 5.69 Å². The van der Waals surface area contributed by atoms with Gasteiger partial charge in [-0.1, -0.05) is 43.1 Å². The van der Waals surface area contributed by atoms with E-state index in [0.717, 1.165) is 50.5 Å². The van der Waals surface area contributed by atoms with Crippen LogP contribution in [-0.2, 0) is 0 Å². The second kappa shape index (κ2) is 8.45. The normalized spacial score (nSPS) is 10.5. The fourth-order valence-electron chi connectivity index (χ4n) is 3.45. The third kappa shape index (κ3) is 3.91. The summed E-state index contributed by atoms with van der Waals surface area (Å²) in [6, 6.07) is 25.1.